The SMILES string of the molecule is CC(=O)N(CCC(=O)Nc1cc(Cl)ccc1C)c1ccc(C(C)C)cc1. The van der Waals surface area contributed by atoms with Crippen molar-refractivity contribution in [1.29, 1.82) is 0 Å². The van der Waals surface area contributed by atoms with Crippen molar-refractivity contribution in [1.82, 2.24) is 0 Å². The van der Waals surface area contributed by atoms with Crippen LogP contribution in [-0.2, 0) is 9.59 Å². The molecule has 2 aromatic carbocycles. The van der Waals surface area contributed by atoms with Gasteiger partial charge in [-0.15, -0.1) is 0 Å². The molecule has 26 heavy (non-hydrogen) atoms. The Morgan fingerprint density at radius 1 is 1.12 bits per heavy atom. The summed E-state index contributed by atoms with van der Waals surface area (Å²) in [6.07, 6.45) is 0.206. The molecule has 0 aromatic heterocycles. The van der Waals surface area contributed by atoms with Crippen molar-refractivity contribution in [3.8, 4) is 0 Å². The summed E-state index contributed by atoms with van der Waals surface area (Å²) >= 11 is 5.98. The first-order chi connectivity index (χ1) is 12.3. The van der Waals surface area contributed by atoms with Crippen LogP contribution in [0, 0.1) is 6.92 Å². The molecule has 0 aliphatic heterocycles. The largest absolute Gasteiger partial charge is 0.326 e. The second-order valence-electron chi connectivity index (χ2n) is 6.67. The molecule has 4 nitrogen and oxygen atoms in total. The molecule has 2 rings (SSSR count). The van der Waals surface area contributed by atoms with Gasteiger partial charge in [-0.2, -0.15) is 0 Å². The summed E-state index contributed by atoms with van der Waals surface area (Å²) in [7, 11) is 0. The van der Waals surface area contributed by atoms with Crippen LogP contribution in [0.25, 0.3) is 0 Å². The van der Waals surface area contributed by atoms with Crippen LogP contribution in [0.4, 0.5) is 11.4 Å². The van der Waals surface area contributed by atoms with Crippen molar-refractivity contribution in [3.63, 3.8) is 0 Å². The summed E-state index contributed by atoms with van der Waals surface area (Å²) in [5, 5.41) is 3.43. The maximum absolute atomic E-state index is 12.3. The number of anilines is 2. The highest BCUT2D eigenvalue weighted by molar-refractivity contribution is 6.31. The number of benzene rings is 2. The normalized spacial score (nSPS) is 10.7. The molecule has 0 bridgehead atoms. The van der Waals surface area contributed by atoms with Crippen LogP contribution < -0.4 is 10.2 Å². The molecule has 2 amide bonds. The van der Waals surface area contributed by atoms with E-state index < -0.39 is 0 Å². The maximum Gasteiger partial charge on any atom is 0.226 e. The lowest BCUT2D eigenvalue weighted by atomic mass is 10.0. The molecular weight excluding hydrogens is 348 g/mol. The number of carbonyl (C=O) groups is 2. The number of amides is 2. The Kier molecular flexibility index (Phi) is 6.81. The van der Waals surface area contributed by atoms with Gasteiger partial charge in [-0.3, -0.25) is 9.59 Å². The lowest BCUT2D eigenvalue weighted by Crippen LogP contribution is -2.32. The molecule has 0 aliphatic rings. The van der Waals surface area contributed by atoms with Crippen LogP contribution in [0.2, 0.25) is 5.02 Å². The first kappa shape index (κ1) is 20.0. The zero-order valence-corrected chi connectivity index (χ0v) is 16.4. The number of nitrogens with one attached hydrogen (secondary N) is 1. The summed E-state index contributed by atoms with van der Waals surface area (Å²) in [5.41, 5.74) is 3.65. The molecular formula is C21H25ClN2O2. The lowest BCUT2D eigenvalue weighted by molar-refractivity contribution is -0.117. The van der Waals surface area contributed by atoms with Crippen molar-refractivity contribution in [2.75, 3.05) is 16.8 Å². The Bertz CT molecular complexity index is 785. The van der Waals surface area contributed by atoms with E-state index in [2.05, 4.69) is 19.2 Å². The third-order valence-electron chi connectivity index (χ3n) is 4.29. The van der Waals surface area contributed by atoms with Gasteiger partial charge in [-0.25, -0.2) is 0 Å². The Balaban J connectivity index is 2.02. The molecule has 0 spiro atoms. The van der Waals surface area contributed by atoms with Crippen LogP contribution in [0.5, 0.6) is 0 Å². The molecule has 2 aromatic rings. The van der Waals surface area contributed by atoms with Gasteiger partial charge in [0.15, 0.2) is 0 Å². The fourth-order valence-corrected chi connectivity index (χ4v) is 2.83. The number of hydrogen-bond acceptors (Lipinski definition) is 2. The van der Waals surface area contributed by atoms with E-state index >= 15 is 0 Å². The van der Waals surface area contributed by atoms with Gasteiger partial charge < -0.3 is 10.2 Å². The summed E-state index contributed by atoms with van der Waals surface area (Å²) in [5.74, 6) is 0.191. The first-order valence-electron chi connectivity index (χ1n) is 8.72. The van der Waals surface area contributed by atoms with Gasteiger partial charge in [0.1, 0.15) is 0 Å². The molecule has 0 aliphatic carbocycles. The Morgan fingerprint density at radius 3 is 2.35 bits per heavy atom. The second kappa shape index (κ2) is 8.86. The van der Waals surface area contributed by atoms with Gasteiger partial charge in [-0.05, 0) is 48.2 Å². The molecule has 5 heteroatoms. The molecule has 0 fully saturated rings. The smallest absolute Gasteiger partial charge is 0.226 e. The predicted molar refractivity (Wildman–Crippen MR) is 108 cm³/mol. The number of carbonyl (C=O) groups excluding carboxylic acids is 2. The molecule has 0 saturated heterocycles. The summed E-state index contributed by atoms with van der Waals surface area (Å²) in [6.45, 7) is 7.99. The lowest BCUT2D eigenvalue weighted by Gasteiger charge is -2.21. The number of halogens is 1. The molecule has 0 radical (unpaired) electrons. The van der Waals surface area contributed by atoms with Crippen molar-refractivity contribution >= 4 is 34.8 Å². The van der Waals surface area contributed by atoms with Gasteiger partial charge >= 0.3 is 0 Å². The van der Waals surface area contributed by atoms with E-state index in [9.17, 15) is 9.59 Å². The number of hydrogen-bond donors (Lipinski definition) is 1. The molecule has 0 heterocycles. The molecule has 1 N–H and O–H groups in total. The number of nitrogens with zero attached hydrogens (tertiary/aromatic N) is 1. The van der Waals surface area contributed by atoms with Crippen molar-refractivity contribution in [3.05, 3.63) is 58.6 Å². The Hall–Kier alpha value is -2.33. The van der Waals surface area contributed by atoms with E-state index in [1.165, 1.54) is 12.5 Å². The average molecular weight is 373 g/mol. The zero-order chi connectivity index (χ0) is 19.3. The first-order valence-corrected chi connectivity index (χ1v) is 9.09. The van der Waals surface area contributed by atoms with E-state index in [1.54, 1.807) is 17.0 Å². The quantitative estimate of drug-likeness (QED) is 0.761. The fraction of sp³-hybridized carbons (Fsp3) is 0.333. The third-order valence-corrected chi connectivity index (χ3v) is 4.52. The average Bonchev–Trinajstić information content (AvgIpc) is 2.58. The number of aryl methyl sites for hydroxylation is 1. The van der Waals surface area contributed by atoms with Gasteiger partial charge in [0.25, 0.3) is 0 Å². The minimum Gasteiger partial charge on any atom is -0.326 e. The zero-order valence-electron chi connectivity index (χ0n) is 15.7. The Morgan fingerprint density at radius 2 is 1.77 bits per heavy atom. The highest BCUT2D eigenvalue weighted by Crippen LogP contribution is 2.22. The second-order valence-corrected chi connectivity index (χ2v) is 7.11. The molecule has 138 valence electrons. The van der Waals surface area contributed by atoms with E-state index in [1.807, 2.05) is 37.3 Å². The molecule has 0 unspecified atom stereocenters. The molecule has 0 atom stereocenters. The monoisotopic (exact) mass is 372 g/mol. The van der Waals surface area contributed by atoms with E-state index in [-0.39, 0.29) is 18.2 Å². The third kappa shape index (κ3) is 5.33. The van der Waals surface area contributed by atoms with E-state index in [0.29, 0.717) is 23.2 Å². The van der Waals surface area contributed by atoms with E-state index in [4.69, 9.17) is 11.6 Å². The van der Waals surface area contributed by atoms with Crippen LogP contribution in [0.1, 0.15) is 44.2 Å². The summed E-state index contributed by atoms with van der Waals surface area (Å²) in [6, 6.07) is 13.3. The fourth-order valence-electron chi connectivity index (χ4n) is 2.66. The van der Waals surface area contributed by atoms with Gasteiger partial charge in [-0.1, -0.05) is 43.6 Å². The van der Waals surface area contributed by atoms with Gasteiger partial charge in [0.05, 0.1) is 0 Å². The Labute approximate surface area is 160 Å². The topological polar surface area (TPSA) is 49.4 Å². The van der Waals surface area contributed by atoms with Crippen LogP contribution in [0.15, 0.2) is 42.5 Å². The van der Waals surface area contributed by atoms with Gasteiger partial charge in [0.2, 0.25) is 11.8 Å². The van der Waals surface area contributed by atoms with Crippen molar-refractivity contribution in [2.24, 2.45) is 0 Å². The number of rotatable bonds is 6. The van der Waals surface area contributed by atoms with Crippen LogP contribution in [0.3, 0.4) is 0 Å². The van der Waals surface area contributed by atoms with Crippen LogP contribution in [-0.4, -0.2) is 18.4 Å². The maximum atomic E-state index is 12.3. The standard InChI is InChI=1S/C21H25ClN2O2/c1-14(2)17-6-9-19(10-7-17)24(16(4)25)12-11-21(26)23-20-13-18(22)8-5-15(20)3/h5-10,13-14H,11-12H2,1-4H3,(H,23,26). The summed E-state index contributed by atoms with van der Waals surface area (Å²) < 4.78 is 0. The van der Waals surface area contributed by atoms with E-state index in [0.717, 1.165) is 11.3 Å². The predicted octanol–water partition coefficient (Wildman–Crippen LogP) is 5.15. The summed E-state index contributed by atoms with van der Waals surface area (Å²) in [4.78, 5) is 25.9. The molecule has 0 saturated carbocycles. The van der Waals surface area contributed by atoms with Gasteiger partial charge in [0, 0.05) is 36.3 Å². The highest BCUT2D eigenvalue weighted by atomic mass is 35.5. The highest BCUT2D eigenvalue weighted by Gasteiger charge is 2.14. The van der Waals surface area contributed by atoms with Crippen LogP contribution >= 0.6 is 11.6 Å². The van der Waals surface area contributed by atoms with Crippen molar-refractivity contribution in [2.45, 2.75) is 40.0 Å². The minimum atomic E-state index is -0.152. The minimum absolute atomic E-state index is 0.0889. The van der Waals surface area contributed by atoms with Crippen molar-refractivity contribution < 1.29 is 9.59 Å².